The van der Waals surface area contributed by atoms with E-state index in [2.05, 4.69) is 10.3 Å². The van der Waals surface area contributed by atoms with E-state index < -0.39 is 29.1 Å². The third-order valence-electron chi connectivity index (χ3n) is 6.30. The number of ether oxygens (including phenoxy) is 4. The number of amides is 1. The fourth-order valence-corrected chi connectivity index (χ4v) is 4.40. The predicted molar refractivity (Wildman–Crippen MR) is 156 cm³/mol. The summed E-state index contributed by atoms with van der Waals surface area (Å²) in [4.78, 5) is 42.3. The summed E-state index contributed by atoms with van der Waals surface area (Å²) in [6, 6.07) is 17.9. The van der Waals surface area contributed by atoms with Crippen molar-refractivity contribution in [1.82, 2.24) is 10.3 Å². The number of benzene rings is 3. The lowest BCUT2D eigenvalue weighted by Crippen LogP contribution is -2.46. The first-order chi connectivity index (χ1) is 20.1. The van der Waals surface area contributed by atoms with E-state index in [-0.39, 0.29) is 28.9 Å². The minimum atomic E-state index is -1.07. The van der Waals surface area contributed by atoms with E-state index >= 15 is 0 Å². The first-order valence-corrected chi connectivity index (χ1v) is 13.2. The second kappa shape index (κ2) is 11.7. The highest BCUT2D eigenvalue weighted by Gasteiger charge is 2.27. The third-order valence-corrected chi connectivity index (χ3v) is 6.30. The van der Waals surface area contributed by atoms with Crippen LogP contribution >= 0.6 is 0 Å². The number of methoxy groups -OCH3 is 1. The van der Waals surface area contributed by atoms with Crippen molar-refractivity contribution in [2.75, 3.05) is 7.11 Å². The number of carbonyl (C=O) groups excluding carboxylic acids is 2. The average Bonchev–Trinajstić information content (AvgIpc) is 3.36. The minimum absolute atomic E-state index is 0.0305. The second-order valence-corrected chi connectivity index (χ2v) is 10.5. The number of nitrogens with one attached hydrogen (secondary N) is 2. The molecule has 1 atom stereocenters. The Hall–Kier alpha value is -5.25. The molecule has 2 aromatic heterocycles. The van der Waals surface area contributed by atoms with Crippen molar-refractivity contribution in [1.29, 1.82) is 0 Å². The van der Waals surface area contributed by atoms with Crippen molar-refractivity contribution < 1.29 is 33.0 Å². The van der Waals surface area contributed by atoms with Gasteiger partial charge in [0.15, 0.2) is 11.5 Å². The zero-order valence-corrected chi connectivity index (χ0v) is 23.6. The quantitative estimate of drug-likeness (QED) is 0.169. The summed E-state index contributed by atoms with van der Waals surface area (Å²) < 4.78 is 27.7. The van der Waals surface area contributed by atoms with Crippen molar-refractivity contribution in [3.05, 3.63) is 95.0 Å². The number of rotatable bonds is 8. The molecule has 2 heterocycles. The molecule has 1 amide bonds. The van der Waals surface area contributed by atoms with Crippen molar-refractivity contribution in [2.45, 2.75) is 38.8 Å². The van der Waals surface area contributed by atoms with E-state index in [1.54, 1.807) is 51.2 Å². The Morgan fingerprint density at radius 1 is 0.952 bits per heavy atom. The Labute approximate surface area is 241 Å². The molecular weight excluding hydrogens is 540 g/mol. The zero-order chi connectivity index (χ0) is 29.9. The third kappa shape index (κ3) is 6.38. The maximum atomic E-state index is 13.4. The SMILES string of the molecule is COc1ccccc1Oc1coc2cc(OC(=O)C(Cc3c[nH]c4ccccc34)NC(=O)OC(C)(C)C)ccc2c1=O. The molecular formula is C32H30N2O8. The largest absolute Gasteiger partial charge is 0.493 e. The van der Waals surface area contributed by atoms with Gasteiger partial charge in [0.1, 0.15) is 29.2 Å². The van der Waals surface area contributed by atoms with Gasteiger partial charge in [0.2, 0.25) is 11.2 Å². The van der Waals surface area contributed by atoms with Crippen LogP contribution in [0.4, 0.5) is 4.79 Å². The number of aromatic nitrogens is 1. The van der Waals surface area contributed by atoms with Gasteiger partial charge in [-0.2, -0.15) is 0 Å². The average molecular weight is 571 g/mol. The van der Waals surface area contributed by atoms with Crippen molar-refractivity contribution in [3.63, 3.8) is 0 Å². The summed E-state index contributed by atoms with van der Waals surface area (Å²) in [5.74, 6) is 0.197. The summed E-state index contributed by atoms with van der Waals surface area (Å²) >= 11 is 0. The van der Waals surface area contributed by atoms with Crippen LogP contribution in [0.15, 0.2) is 88.4 Å². The van der Waals surface area contributed by atoms with Crippen molar-refractivity contribution >= 4 is 33.9 Å². The number of esters is 1. The molecule has 0 aliphatic rings. The number of fused-ring (bicyclic) bond motifs is 2. The molecule has 2 N–H and O–H groups in total. The van der Waals surface area contributed by atoms with Crippen molar-refractivity contribution in [2.24, 2.45) is 0 Å². The van der Waals surface area contributed by atoms with Gasteiger partial charge in [0.25, 0.3) is 0 Å². The summed E-state index contributed by atoms with van der Waals surface area (Å²) in [6.07, 6.45) is 2.37. The van der Waals surface area contributed by atoms with E-state index in [1.165, 1.54) is 31.6 Å². The number of carbonyl (C=O) groups is 2. The first kappa shape index (κ1) is 28.3. The molecule has 0 fully saturated rings. The van der Waals surface area contributed by atoms with Crippen molar-refractivity contribution in [3.8, 4) is 23.0 Å². The van der Waals surface area contributed by atoms with Crippen LogP contribution in [-0.4, -0.2) is 35.8 Å². The van der Waals surface area contributed by atoms with Gasteiger partial charge in [-0.05, 0) is 56.7 Å². The van der Waals surface area contributed by atoms with E-state index in [1.807, 2.05) is 24.3 Å². The molecule has 0 spiro atoms. The Morgan fingerprint density at radius 2 is 1.69 bits per heavy atom. The van der Waals surface area contributed by atoms with Crippen LogP contribution in [0.25, 0.3) is 21.9 Å². The van der Waals surface area contributed by atoms with Gasteiger partial charge < -0.3 is 33.7 Å². The Morgan fingerprint density at radius 3 is 2.45 bits per heavy atom. The lowest BCUT2D eigenvalue weighted by atomic mass is 10.1. The molecule has 0 saturated carbocycles. The van der Waals surface area contributed by atoms with Crippen LogP contribution in [0.1, 0.15) is 26.3 Å². The molecule has 0 bridgehead atoms. The second-order valence-electron chi connectivity index (χ2n) is 10.5. The highest BCUT2D eigenvalue weighted by atomic mass is 16.6. The van der Waals surface area contributed by atoms with Gasteiger partial charge in [-0.15, -0.1) is 0 Å². The van der Waals surface area contributed by atoms with E-state index in [0.29, 0.717) is 11.5 Å². The molecule has 42 heavy (non-hydrogen) atoms. The molecule has 5 rings (SSSR count). The molecule has 5 aromatic rings. The van der Waals surface area contributed by atoms with E-state index in [0.717, 1.165) is 16.5 Å². The monoisotopic (exact) mass is 570 g/mol. The maximum absolute atomic E-state index is 13.4. The van der Waals surface area contributed by atoms with Gasteiger partial charge in [-0.25, -0.2) is 9.59 Å². The Bertz CT molecular complexity index is 1820. The Kier molecular flexibility index (Phi) is 7.88. The molecule has 0 radical (unpaired) electrons. The first-order valence-electron chi connectivity index (χ1n) is 13.2. The van der Waals surface area contributed by atoms with Gasteiger partial charge in [-0.3, -0.25) is 4.79 Å². The summed E-state index contributed by atoms with van der Waals surface area (Å²) in [5, 5.41) is 3.78. The lowest BCUT2D eigenvalue weighted by molar-refractivity contribution is -0.136. The molecule has 10 heteroatoms. The fourth-order valence-electron chi connectivity index (χ4n) is 4.40. The smallest absolute Gasteiger partial charge is 0.408 e. The number of para-hydroxylation sites is 3. The minimum Gasteiger partial charge on any atom is -0.493 e. The van der Waals surface area contributed by atoms with E-state index in [9.17, 15) is 14.4 Å². The van der Waals surface area contributed by atoms with Crippen LogP contribution < -0.4 is 25.0 Å². The summed E-state index contributed by atoms with van der Waals surface area (Å²) in [7, 11) is 1.50. The predicted octanol–water partition coefficient (Wildman–Crippen LogP) is 6.12. The van der Waals surface area contributed by atoms with Gasteiger partial charge >= 0.3 is 12.1 Å². The van der Waals surface area contributed by atoms with Crippen LogP contribution in [0.5, 0.6) is 23.0 Å². The summed E-state index contributed by atoms with van der Waals surface area (Å²) in [5.41, 5.74) is 0.727. The zero-order valence-electron chi connectivity index (χ0n) is 23.6. The van der Waals surface area contributed by atoms with Gasteiger partial charge in [0, 0.05) is 29.6 Å². The van der Waals surface area contributed by atoms with Crippen LogP contribution in [0, 0.1) is 0 Å². The highest BCUT2D eigenvalue weighted by molar-refractivity contribution is 5.87. The molecule has 3 aromatic carbocycles. The lowest BCUT2D eigenvalue weighted by Gasteiger charge is -2.23. The standard InChI is InChI=1S/C32H30N2O8/c1-32(2,3)42-31(37)34-24(15-19-17-33-23-10-6-5-9-21(19)23)30(36)40-20-13-14-22-27(16-20)39-18-28(29(22)35)41-26-12-8-7-11-25(26)38-4/h5-14,16-18,24,33H,15H2,1-4H3,(H,34,37). The van der Waals surface area contributed by atoms with E-state index in [4.69, 9.17) is 23.4 Å². The molecule has 1 unspecified atom stereocenters. The number of aromatic amines is 1. The van der Waals surface area contributed by atoms with Crippen LogP contribution in [0.3, 0.4) is 0 Å². The molecule has 216 valence electrons. The molecule has 0 aliphatic heterocycles. The number of H-pyrrole nitrogens is 1. The van der Waals surface area contributed by atoms with Gasteiger partial charge in [-0.1, -0.05) is 30.3 Å². The molecule has 0 saturated heterocycles. The molecule has 10 nitrogen and oxygen atoms in total. The molecule has 0 aliphatic carbocycles. The van der Waals surface area contributed by atoms with Crippen LogP contribution in [0.2, 0.25) is 0 Å². The topological polar surface area (TPSA) is 129 Å². The maximum Gasteiger partial charge on any atom is 0.408 e. The highest BCUT2D eigenvalue weighted by Crippen LogP contribution is 2.31. The number of hydrogen-bond acceptors (Lipinski definition) is 8. The Balaban J connectivity index is 1.38. The number of hydrogen-bond donors (Lipinski definition) is 2. The normalized spacial score (nSPS) is 12.1. The van der Waals surface area contributed by atoms with Gasteiger partial charge in [0.05, 0.1) is 12.5 Å². The number of alkyl carbamates (subject to hydrolysis) is 1. The fraction of sp³-hybridized carbons (Fsp3) is 0.219. The van der Waals surface area contributed by atoms with Crippen LogP contribution in [-0.2, 0) is 16.0 Å². The summed E-state index contributed by atoms with van der Waals surface area (Å²) in [6.45, 7) is 5.19.